The van der Waals surface area contributed by atoms with Crippen molar-refractivity contribution < 1.29 is 9.59 Å². The average molecular weight is 286 g/mol. The third-order valence-corrected chi connectivity index (χ3v) is 4.86. The Hall–Kier alpha value is -1.84. The maximum atomic E-state index is 12.8. The van der Waals surface area contributed by atoms with E-state index in [1.54, 1.807) is 4.90 Å². The molecule has 2 aliphatic heterocycles. The molecule has 2 aliphatic rings. The summed E-state index contributed by atoms with van der Waals surface area (Å²) >= 11 is 0. The summed E-state index contributed by atoms with van der Waals surface area (Å²) in [5.41, 5.74) is 1.57. The zero-order chi connectivity index (χ0) is 15.0. The number of rotatable bonds is 3. The number of carbonyl (C=O) groups excluding carboxylic acids is 2. The Morgan fingerprint density at radius 1 is 1.33 bits per heavy atom. The molecular formula is C17H22N2O2. The number of carbonyl (C=O) groups is 2. The van der Waals surface area contributed by atoms with E-state index in [-0.39, 0.29) is 11.8 Å². The third-order valence-electron chi connectivity index (χ3n) is 4.86. The Balaban J connectivity index is 1.87. The Bertz CT molecular complexity index is 584. The van der Waals surface area contributed by atoms with Crippen molar-refractivity contribution in [3.05, 3.63) is 29.8 Å². The van der Waals surface area contributed by atoms with Crippen molar-refractivity contribution >= 4 is 17.5 Å². The molecule has 3 rings (SSSR count). The number of anilines is 1. The number of para-hydroxylation sites is 1. The van der Waals surface area contributed by atoms with Gasteiger partial charge in [0.25, 0.3) is 0 Å². The number of nitrogens with zero attached hydrogens (tertiary/aromatic N) is 2. The maximum absolute atomic E-state index is 12.8. The first-order valence-corrected chi connectivity index (χ1v) is 7.75. The van der Waals surface area contributed by atoms with Gasteiger partial charge in [0.2, 0.25) is 11.8 Å². The topological polar surface area (TPSA) is 40.6 Å². The lowest BCUT2D eigenvalue weighted by Crippen LogP contribution is -2.42. The molecule has 0 aromatic heterocycles. The van der Waals surface area contributed by atoms with Crippen molar-refractivity contribution in [2.45, 2.75) is 38.0 Å². The summed E-state index contributed by atoms with van der Waals surface area (Å²) in [5, 5.41) is 0. The van der Waals surface area contributed by atoms with Crippen molar-refractivity contribution in [1.29, 1.82) is 0 Å². The fourth-order valence-electron chi connectivity index (χ4n) is 3.62. The molecule has 112 valence electrons. The number of fused-ring (bicyclic) bond motifs is 2. The summed E-state index contributed by atoms with van der Waals surface area (Å²) in [5.74, 6) is 0.322. The van der Waals surface area contributed by atoms with E-state index >= 15 is 0 Å². The molecule has 4 heteroatoms. The molecule has 1 saturated heterocycles. The highest BCUT2D eigenvalue weighted by atomic mass is 16.2. The van der Waals surface area contributed by atoms with Crippen LogP contribution < -0.4 is 4.90 Å². The van der Waals surface area contributed by atoms with Crippen LogP contribution in [0.2, 0.25) is 0 Å². The Kier molecular flexibility index (Phi) is 3.47. The fourth-order valence-corrected chi connectivity index (χ4v) is 3.62. The lowest BCUT2D eigenvalue weighted by molar-refractivity contribution is -0.130. The number of hydrogen-bond acceptors (Lipinski definition) is 2. The van der Waals surface area contributed by atoms with Crippen LogP contribution >= 0.6 is 0 Å². The molecule has 0 aliphatic carbocycles. The van der Waals surface area contributed by atoms with Crippen LogP contribution in [0.15, 0.2) is 24.3 Å². The van der Waals surface area contributed by atoms with Gasteiger partial charge in [0, 0.05) is 32.2 Å². The molecule has 1 spiro atoms. The molecule has 2 heterocycles. The minimum absolute atomic E-state index is 0.134. The van der Waals surface area contributed by atoms with E-state index < -0.39 is 5.41 Å². The Labute approximate surface area is 125 Å². The van der Waals surface area contributed by atoms with Crippen LogP contribution in [-0.2, 0) is 15.0 Å². The monoisotopic (exact) mass is 286 g/mol. The number of likely N-dealkylation sites (tertiary alicyclic amines) is 1. The molecule has 2 amide bonds. The van der Waals surface area contributed by atoms with Gasteiger partial charge < -0.3 is 9.80 Å². The maximum Gasteiger partial charge on any atom is 0.239 e. The zero-order valence-electron chi connectivity index (χ0n) is 12.8. The summed E-state index contributed by atoms with van der Waals surface area (Å²) < 4.78 is 0. The van der Waals surface area contributed by atoms with Crippen molar-refractivity contribution in [1.82, 2.24) is 4.90 Å². The summed E-state index contributed by atoms with van der Waals surface area (Å²) in [6.07, 6.45) is 3.28. The van der Waals surface area contributed by atoms with Gasteiger partial charge in [0.05, 0.1) is 5.41 Å². The molecule has 21 heavy (non-hydrogen) atoms. The first-order chi connectivity index (χ1) is 10.1. The summed E-state index contributed by atoms with van der Waals surface area (Å²) in [7, 11) is 1.83. The second kappa shape index (κ2) is 5.17. The van der Waals surface area contributed by atoms with Crippen molar-refractivity contribution in [2.75, 3.05) is 25.0 Å². The van der Waals surface area contributed by atoms with E-state index in [9.17, 15) is 9.59 Å². The Morgan fingerprint density at radius 3 is 2.86 bits per heavy atom. The smallest absolute Gasteiger partial charge is 0.239 e. The quantitative estimate of drug-likeness (QED) is 0.855. The molecule has 1 unspecified atom stereocenters. The first-order valence-electron chi connectivity index (χ1n) is 7.75. The van der Waals surface area contributed by atoms with Gasteiger partial charge in [0.15, 0.2) is 0 Å². The minimum Gasteiger partial charge on any atom is -0.341 e. The second-order valence-electron chi connectivity index (χ2n) is 6.13. The van der Waals surface area contributed by atoms with E-state index in [0.717, 1.165) is 30.5 Å². The van der Waals surface area contributed by atoms with Crippen LogP contribution in [0.4, 0.5) is 5.69 Å². The van der Waals surface area contributed by atoms with E-state index in [1.807, 2.05) is 36.2 Å². The summed E-state index contributed by atoms with van der Waals surface area (Å²) in [4.78, 5) is 28.6. The fraction of sp³-hybridized carbons (Fsp3) is 0.529. The highest BCUT2D eigenvalue weighted by molar-refractivity contribution is 6.08. The predicted molar refractivity (Wildman–Crippen MR) is 82.3 cm³/mol. The van der Waals surface area contributed by atoms with E-state index in [0.29, 0.717) is 19.5 Å². The van der Waals surface area contributed by atoms with Crippen LogP contribution in [0, 0.1) is 0 Å². The molecule has 0 radical (unpaired) electrons. The molecule has 1 fully saturated rings. The molecule has 4 nitrogen and oxygen atoms in total. The zero-order valence-corrected chi connectivity index (χ0v) is 12.8. The standard InChI is InChI=1S/C17H22N2O2/c1-3-4-9-15(20)19-11-10-17(12-19)13-7-5-6-8-14(13)18(2)16(17)21/h5-8H,3-4,9-12H2,1-2H3. The average Bonchev–Trinajstić information content (AvgIpc) is 3.04. The van der Waals surface area contributed by atoms with Gasteiger partial charge in [-0.25, -0.2) is 0 Å². The predicted octanol–water partition coefficient (Wildman–Crippen LogP) is 2.32. The number of unbranched alkanes of at least 4 members (excludes halogenated alkanes) is 1. The van der Waals surface area contributed by atoms with Gasteiger partial charge in [-0.1, -0.05) is 31.5 Å². The molecular weight excluding hydrogens is 264 g/mol. The normalized spacial score (nSPS) is 24.0. The molecule has 0 N–H and O–H groups in total. The van der Waals surface area contributed by atoms with Crippen LogP contribution in [0.3, 0.4) is 0 Å². The van der Waals surface area contributed by atoms with Crippen LogP contribution in [0.5, 0.6) is 0 Å². The summed E-state index contributed by atoms with van der Waals surface area (Å²) in [6, 6.07) is 7.97. The summed E-state index contributed by atoms with van der Waals surface area (Å²) in [6.45, 7) is 3.32. The van der Waals surface area contributed by atoms with Crippen LogP contribution in [0.25, 0.3) is 0 Å². The van der Waals surface area contributed by atoms with Crippen LogP contribution in [0.1, 0.15) is 38.2 Å². The van der Waals surface area contributed by atoms with Gasteiger partial charge in [-0.3, -0.25) is 9.59 Å². The van der Waals surface area contributed by atoms with Gasteiger partial charge >= 0.3 is 0 Å². The lowest BCUT2D eigenvalue weighted by atomic mass is 9.81. The highest BCUT2D eigenvalue weighted by Crippen LogP contribution is 2.46. The van der Waals surface area contributed by atoms with Gasteiger partial charge in [0.1, 0.15) is 0 Å². The van der Waals surface area contributed by atoms with E-state index in [1.165, 1.54) is 0 Å². The number of hydrogen-bond donors (Lipinski definition) is 0. The molecule has 1 aromatic rings. The second-order valence-corrected chi connectivity index (χ2v) is 6.13. The number of likely N-dealkylation sites (N-methyl/N-ethyl adjacent to an activating group) is 1. The lowest BCUT2D eigenvalue weighted by Gasteiger charge is -2.23. The van der Waals surface area contributed by atoms with E-state index in [4.69, 9.17) is 0 Å². The van der Waals surface area contributed by atoms with Gasteiger partial charge in [-0.15, -0.1) is 0 Å². The third kappa shape index (κ3) is 2.04. The number of benzene rings is 1. The molecule has 0 bridgehead atoms. The largest absolute Gasteiger partial charge is 0.341 e. The van der Waals surface area contributed by atoms with Crippen molar-refractivity contribution in [3.8, 4) is 0 Å². The molecule has 1 atom stereocenters. The van der Waals surface area contributed by atoms with Gasteiger partial charge in [-0.2, -0.15) is 0 Å². The van der Waals surface area contributed by atoms with Crippen molar-refractivity contribution in [2.24, 2.45) is 0 Å². The SMILES string of the molecule is CCCCC(=O)N1CCC2(C1)C(=O)N(C)c1ccccc12. The highest BCUT2D eigenvalue weighted by Gasteiger charge is 2.53. The van der Waals surface area contributed by atoms with Gasteiger partial charge in [-0.05, 0) is 24.5 Å². The van der Waals surface area contributed by atoms with Crippen LogP contribution in [-0.4, -0.2) is 36.9 Å². The molecule has 1 aromatic carbocycles. The van der Waals surface area contributed by atoms with Crippen molar-refractivity contribution in [3.63, 3.8) is 0 Å². The number of amides is 2. The molecule has 0 saturated carbocycles. The minimum atomic E-state index is -0.507. The first kappa shape index (κ1) is 14.1. The Morgan fingerprint density at radius 2 is 2.10 bits per heavy atom. The van der Waals surface area contributed by atoms with E-state index in [2.05, 4.69) is 6.92 Å².